The fraction of sp³-hybridized carbons (Fsp3) is 0.267. The number of carbonyl (C=O) groups excluding carboxylic acids is 1. The largest absolute Gasteiger partial charge is 0.542 e. The third-order valence-corrected chi connectivity index (χ3v) is 3.16. The van der Waals surface area contributed by atoms with E-state index >= 15 is 0 Å². The van der Waals surface area contributed by atoms with Crippen molar-refractivity contribution in [2.75, 3.05) is 7.11 Å². The van der Waals surface area contributed by atoms with Gasteiger partial charge in [0.05, 0.1) is 12.5 Å². The van der Waals surface area contributed by atoms with E-state index in [4.69, 9.17) is 24.2 Å². The maximum atomic E-state index is 11.5. The number of fused-ring (bicyclic) bond motifs is 1. The molecule has 9 nitrogen and oxygen atoms in total. The van der Waals surface area contributed by atoms with Crippen molar-refractivity contribution in [3.8, 4) is 11.5 Å². The molecule has 5 N–H and O–H groups in total. The minimum absolute atomic E-state index is 0.0112. The third kappa shape index (κ3) is 5.88. The molecule has 2 aromatic rings. The van der Waals surface area contributed by atoms with Gasteiger partial charge in [-0.3, -0.25) is 0 Å². The van der Waals surface area contributed by atoms with E-state index in [0.29, 0.717) is 16.7 Å². The van der Waals surface area contributed by atoms with Crippen LogP contribution in [-0.2, 0) is 16.0 Å². The molecule has 0 aliphatic rings. The van der Waals surface area contributed by atoms with Crippen LogP contribution < -0.4 is 21.2 Å². The van der Waals surface area contributed by atoms with Crippen molar-refractivity contribution in [3.63, 3.8) is 0 Å². The number of phenols is 1. The summed E-state index contributed by atoms with van der Waals surface area (Å²) in [6.07, 6.45) is -5.18. The van der Waals surface area contributed by atoms with Crippen molar-refractivity contribution in [1.82, 2.24) is 0 Å². The summed E-state index contributed by atoms with van der Waals surface area (Å²) in [6, 6.07) is 3.06. The molecule has 0 radical (unpaired) electrons. The first-order valence-corrected chi connectivity index (χ1v) is 7.04. The van der Waals surface area contributed by atoms with E-state index in [9.17, 15) is 27.9 Å². The highest BCUT2D eigenvalue weighted by Crippen LogP contribution is 2.32. The van der Waals surface area contributed by atoms with Crippen molar-refractivity contribution in [2.45, 2.75) is 18.6 Å². The van der Waals surface area contributed by atoms with Crippen LogP contribution in [0.4, 0.5) is 13.2 Å². The Hall–Kier alpha value is -3.28. The number of alkyl halides is 3. The number of carboxylic acids is 2. The van der Waals surface area contributed by atoms with Crippen molar-refractivity contribution in [1.29, 1.82) is 0 Å². The second kappa shape index (κ2) is 8.40. The van der Waals surface area contributed by atoms with Gasteiger partial charge in [0.1, 0.15) is 23.1 Å². The zero-order valence-electron chi connectivity index (χ0n) is 13.7. The van der Waals surface area contributed by atoms with Crippen LogP contribution in [0.1, 0.15) is 5.56 Å². The summed E-state index contributed by atoms with van der Waals surface area (Å²) < 4.78 is 41.5. The SMILES string of the molecule is COc1cc(O)c2c(C[C@H]([NH3+])C(=O)O)cc(=O)oc2c1.O=C([O-])C(F)(F)F. The first kappa shape index (κ1) is 21.8. The molecule has 1 heterocycles. The molecule has 0 aliphatic carbocycles. The molecule has 148 valence electrons. The molecule has 0 unspecified atom stereocenters. The van der Waals surface area contributed by atoms with Crippen LogP contribution in [0, 0.1) is 0 Å². The lowest BCUT2D eigenvalue weighted by atomic mass is 10.0. The number of carboxylic acid groups (broad SMARTS) is 2. The van der Waals surface area contributed by atoms with Crippen LogP contribution in [0.15, 0.2) is 27.4 Å². The molecule has 12 heteroatoms. The fourth-order valence-electron chi connectivity index (χ4n) is 1.96. The van der Waals surface area contributed by atoms with Crippen LogP contribution in [0.25, 0.3) is 11.0 Å². The number of aromatic hydroxyl groups is 1. The van der Waals surface area contributed by atoms with Gasteiger partial charge in [0, 0.05) is 24.6 Å². The van der Waals surface area contributed by atoms with E-state index in [2.05, 4.69) is 5.73 Å². The van der Waals surface area contributed by atoms with Crippen LogP contribution >= 0.6 is 0 Å². The maximum absolute atomic E-state index is 11.5. The summed E-state index contributed by atoms with van der Waals surface area (Å²) in [5.74, 6) is -3.90. The van der Waals surface area contributed by atoms with Gasteiger partial charge in [-0.1, -0.05) is 0 Å². The molecular formula is C15H14F3NO8. The molecule has 27 heavy (non-hydrogen) atoms. The van der Waals surface area contributed by atoms with Gasteiger partial charge in [-0.2, -0.15) is 13.2 Å². The molecule has 1 aromatic heterocycles. The first-order valence-electron chi connectivity index (χ1n) is 7.04. The summed E-state index contributed by atoms with van der Waals surface area (Å²) >= 11 is 0. The normalized spacial score (nSPS) is 12.0. The second-order valence-corrected chi connectivity index (χ2v) is 5.13. The van der Waals surface area contributed by atoms with Gasteiger partial charge < -0.3 is 35.0 Å². The molecule has 0 bridgehead atoms. The quantitative estimate of drug-likeness (QED) is 0.559. The van der Waals surface area contributed by atoms with Crippen LogP contribution in [0.2, 0.25) is 0 Å². The van der Waals surface area contributed by atoms with E-state index < -0.39 is 29.8 Å². The third-order valence-electron chi connectivity index (χ3n) is 3.16. The predicted molar refractivity (Wildman–Crippen MR) is 79.8 cm³/mol. The van der Waals surface area contributed by atoms with Crippen molar-refractivity contribution in [2.24, 2.45) is 0 Å². The Labute approximate surface area is 148 Å². The number of hydrogen-bond acceptors (Lipinski definition) is 7. The van der Waals surface area contributed by atoms with E-state index in [0.717, 1.165) is 6.07 Å². The molecule has 0 fully saturated rings. The van der Waals surface area contributed by atoms with Gasteiger partial charge in [0.15, 0.2) is 6.04 Å². The predicted octanol–water partition coefficient (Wildman–Crippen LogP) is -0.957. The Morgan fingerprint density at radius 3 is 2.33 bits per heavy atom. The number of phenolic OH excluding ortho intramolecular Hbond substituents is 1. The number of benzene rings is 1. The van der Waals surface area contributed by atoms with Gasteiger partial charge in [0.25, 0.3) is 0 Å². The molecule has 0 spiro atoms. The van der Waals surface area contributed by atoms with Gasteiger partial charge >= 0.3 is 17.8 Å². The first-order chi connectivity index (χ1) is 12.4. The highest BCUT2D eigenvalue weighted by molar-refractivity contribution is 5.88. The topological polar surface area (TPSA) is 165 Å². The minimum Gasteiger partial charge on any atom is -0.542 e. The van der Waals surface area contributed by atoms with Gasteiger partial charge in [0.2, 0.25) is 0 Å². The summed E-state index contributed by atoms with van der Waals surface area (Å²) in [6.45, 7) is 0. The fourth-order valence-corrected chi connectivity index (χ4v) is 1.96. The van der Waals surface area contributed by atoms with E-state index in [1.807, 2.05) is 0 Å². The number of methoxy groups -OCH3 is 1. The Morgan fingerprint density at radius 2 is 1.89 bits per heavy atom. The zero-order valence-corrected chi connectivity index (χ0v) is 13.7. The van der Waals surface area contributed by atoms with Gasteiger partial charge in [-0.15, -0.1) is 0 Å². The molecule has 0 saturated carbocycles. The maximum Gasteiger partial charge on any atom is 0.430 e. The summed E-state index contributed by atoms with van der Waals surface area (Å²) in [5, 5.41) is 28.0. The Kier molecular flexibility index (Phi) is 6.77. The molecule has 0 amide bonds. The number of hydrogen-bond donors (Lipinski definition) is 3. The lowest BCUT2D eigenvalue weighted by Crippen LogP contribution is -2.66. The van der Waals surface area contributed by atoms with Crippen molar-refractivity contribution >= 4 is 22.9 Å². The number of ether oxygens (including phenoxy) is 1. The van der Waals surface area contributed by atoms with Crippen LogP contribution in [-0.4, -0.2) is 41.5 Å². The number of halogens is 3. The van der Waals surface area contributed by atoms with Crippen LogP contribution in [0.3, 0.4) is 0 Å². The number of quaternary nitrogens is 1. The minimum atomic E-state index is -5.19. The van der Waals surface area contributed by atoms with Gasteiger partial charge in [-0.25, -0.2) is 9.59 Å². The molecule has 0 saturated heterocycles. The summed E-state index contributed by atoms with van der Waals surface area (Å²) in [7, 11) is 1.42. The Bertz CT molecular complexity index is 906. The molecular weight excluding hydrogens is 379 g/mol. The highest BCUT2D eigenvalue weighted by atomic mass is 19.4. The number of carbonyl (C=O) groups is 2. The monoisotopic (exact) mass is 393 g/mol. The van der Waals surface area contributed by atoms with Gasteiger partial charge in [-0.05, 0) is 5.56 Å². The summed E-state index contributed by atoms with van der Waals surface area (Å²) in [5.41, 5.74) is 3.38. The molecule has 1 atom stereocenters. The smallest absolute Gasteiger partial charge is 0.430 e. The Balaban J connectivity index is 0.000000445. The second-order valence-electron chi connectivity index (χ2n) is 5.13. The average Bonchev–Trinajstić information content (AvgIpc) is 2.53. The van der Waals surface area contributed by atoms with Crippen molar-refractivity contribution in [3.05, 3.63) is 34.2 Å². The molecule has 1 aromatic carbocycles. The Morgan fingerprint density at radius 1 is 1.33 bits per heavy atom. The van der Waals surface area contributed by atoms with E-state index in [-0.39, 0.29) is 17.8 Å². The van der Waals surface area contributed by atoms with Crippen LogP contribution in [0.5, 0.6) is 11.5 Å². The molecule has 2 rings (SSSR count). The molecule has 0 aliphatic heterocycles. The zero-order chi connectivity index (χ0) is 20.9. The highest BCUT2D eigenvalue weighted by Gasteiger charge is 2.28. The van der Waals surface area contributed by atoms with E-state index in [1.165, 1.54) is 19.2 Å². The number of rotatable bonds is 4. The standard InChI is InChI=1S/C13H13NO6.C2HF3O2/c1-19-7-4-9(15)12-6(2-8(14)13(17)18)3-11(16)20-10(12)5-7;3-2(4,5)1(6)7/h3-5,8,15H,2,14H2,1H3,(H,17,18);(H,6,7)/t8-;/m0./s1. The van der Waals surface area contributed by atoms with Crippen molar-refractivity contribution < 1.29 is 53.0 Å². The van der Waals surface area contributed by atoms with E-state index in [1.54, 1.807) is 0 Å². The number of aliphatic carboxylic acids is 2. The lowest BCUT2D eigenvalue weighted by Gasteiger charge is -2.09. The summed E-state index contributed by atoms with van der Waals surface area (Å²) in [4.78, 5) is 31.2. The average molecular weight is 393 g/mol. The lowest BCUT2D eigenvalue weighted by molar-refractivity contribution is -0.407.